The molecule has 14 heavy (non-hydrogen) atoms. The topological polar surface area (TPSA) is 0 Å². The molecule has 0 heterocycles. The van der Waals surface area contributed by atoms with Crippen LogP contribution in [0.4, 0.5) is 0 Å². The van der Waals surface area contributed by atoms with Crippen LogP contribution in [0.2, 0.25) is 0 Å². The van der Waals surface area contributed by atoms with Crippen molar-refractivity contribution < 1.29 is 0 Å². The van der Waals surface area contributed by atoms with Crippen LogP contribution in [-0.4, -0.2) is 0 Å². The van der Waals surface area contributed by atoms with Crippen molar-refractivity contribution in [2.75, 3.05) is 0 Å². The Morgan fingerprint density at radius 1 is 1.36 bits per heavy atom. The van der Waals surface area contributed by atoms with Crippen LogP contribution in [0.25, 0.3) is 5.57 Å². The van der Waals surface area contributed by atoms with Crippen LogP contribution < -0.4 is 0 Å². The Kier molecular flexibility index (Phi) is 4.66. The standard InChI is InChI=1S/C13H17I/c1-4-6-11-9-12(14)7-8-13(11)10(3)5-2/h7-9H,3-6H2,1-2H3. The Balaban J connectivity index is 3.07. The number of hydrogen-bond donors (Lipinski definition) is 0. The Morgan fingerprint density at radius 2 is 2.07 bits per heavy atom. The van der Waals surface area contributed by atoms with Crippen molar-refractivity contribution in [2.24, 2.45) is 0 Å². The number of hydrogen-bond acceptors (Lipinski definition) is 0. The molecule has 76 valence electrons. The van der Waals surface area contributed by atoms with Gasteiger partial charge in [-0.25, -0.2) is 0 Å². The van der Waals surface area contributed by atoms with Crippen LogP contribution in [-0.2, 0) is 6.42 Å². The molecule has 0 spiro atoms. The van der Waals surface area contributed by atoms with Gasteiger partial charge < -0.3 is 0 Å². The summed E-state index contributed by atoms with van der Waals surface area (Å²) in [4.78, 5) is 0. The molecule has 0 radical (unpaired) electrons. The van der Waals surface area contributed by atoms with E-state index in [1.807, 2.05) is 0 Å². The summed E-state index contributed by atoms with van der Waals surface area (Å²) in [6, 6.07) is 6.65. The predicted octanol–water partition coefficient (Wildman–Crippen LogP) is 4.67. The fourth-order valence-corrected chi connectivity index (χ4v) is 2.13. The molecule has 1 aromatic rings. The smallest absolute Gasteiger partial charge is 0.0133 e. The molecule has 0 N–H and O–H groups in total. The summed E-state index contributed by atoms with van der Waals surface area (Å²) in [5.41, 5.74) is 4.06. The van der Waals surface area contributed by atoms with Crippen LogP contribution in [0.3, 0.4) is 0 Å². The van der Waals surface area contributed by atoms with Crippen LogP contribution in [0.5, 0.6) is 0 Å². The van der Waals surface area contributed by atoms with Crippen LogP contribution in [0, 0.1) is 3.57 Å². The van der Waals surface area contributed by atoms with Gasteiger partial charge in [-0.3, -0.25) is 0 Å². The molecule has 0 saturated heterocycles. The lowest BCUT2D eigenvalue weighted by Crippen LogP contribution is -1.93. The zero-order chi connectivity index (χ0) is 10.6. The predicted molar refractivity (Wildman–Crippen MR) is 72.5 cm³/mol. The molecule has 0 aliphatic carbocycles. The van der Waals surface area contributed by atoms with E-state index in [2.05, 4.69) is 61.2 Å². The Morgan fingerprint density at radius 3 is 2.64 bits per heavy atom. The molecule has 0 bridgehead atoms. The van der Waals surface area contributed by atoms with Gasteiger partial charge >= 0.3 is 0 Å². The maximum Gasteiger partial charge on any atom is 0.0133 e. The minimum absolute atomic E-state index is 1.04. The lowest BCUT2D eigenvalue weighted by Gasteiger charge is -2.10. The van der Waals surface area contributed by atoms with Gasteiger partial charge in [0.2, 0.25) is 0 Å². The highest BCUT2D eigenvalue weighted by Gasteiger charge is 2.04. The highest BCUT2D eigenvalue weighted by atomic mass is 127. The number of aryl methyl sites for hydroxylation is 1. The third kappa shape index (κ3) is 2.84. The van der Waals surface area contributed by atoms with Gasteiger partial charge in [-0.2, -0.15) is 0 Å². The molecule has 0 fully saturated rings. The van der Waals surface area contributed by atoms with E-state index in [0.29, 0.717) is 0 Å². The van der Waals surface area contributed by atoms with Gasteiger partial charge in [0.15, 0.2) is 0 Å². The molecule has 1 rings (SSSR count). The second-order valence-corrected chi connectivity index (χ2v) is 4.75. The zero-order valence-electron chi connectivity index (χ0n) is 8.94. The largest absolute Gasteiger partial charge is 0.0952 e. The third-order valence-corrected chi connectivity index (χ3v) is 3.07. The van der Waals surface area contributed by atoms with Crippen molar-refractivity contribution in [1.29, 1.82) is 0 Å². The number of halogens is 1. The average molecular weight is 300 g/mol. The molecular weight excluding hydrogens is 283 g/mol. The van der Waals surface area contributed by atoms with Crippen molar-refractivity contribution in [3.63, 3.8) is 0 Å². The summed E-state index contributed by atoms with van der Waals surface area (Å²) < 4.78 is 1.32. The molecule has 0 nitrogen and oxygen atoms in total. The molecule has 0 aliphatic rings. The summed E-state index contributed by atoms with van der Waals surface area (Å²) in [6.07, 6.45) is 3.40. The lowest BCUT2D eigenvalue weighted by atomic mass is 9.96. The second-order valence-electron chi connectivity index (χ2n) is 3.51. The van der Waals surface area contributed by atoms with Crippen LogP contribution in [0.1, 0.15) is 37.8 Å². The van der Waals surface area contributed by atoms with Crippen molar-refractivity contribution in [3.05, 3.63) is 39.5 Å². The molecule has 0 atom stereocenters. The van der Waals surface area contributed by atoms with Crippen molar-refractivity contribution in [2.45, 2.75) is 33.1 Å². The zero-order valence-corrected chi connectivity index (χ0v) is 11.1. The molecule has 0 unspecified atom stereocenters. The lowest BCUT2D eigenvalue weighted by molar-refractivity contribution is 0.916. The molecule has 1 aromatic carbocycles. The van der Waals surface area contributed by atoms with E-state index in [1.54, 1.807) is 0 Å². The first-order chi connectivity index (χ1) is 6.69. The highest BCUT2D eigenvalue weighted by Crippen LogP contribution is 2.23. The Hall–Kier alpha value is -0.310. The van der Waals surface area contributed by atoms with Crippen molar-refractivity contribution in [1.82, 2.24) is 0 Å². The van der Waals surface area contributed by atoms with E-state index in [4.69, 9.17) is 0 Å². The highest BCUT2D eigenvalue weighted by molar-refractivity contribution is 14.1. The van der Waals surface area contributed by atoms with Gasteiger partial charge in [0.1, 0.15) is 0 Å². The monoisotopic (exact) mass is 300 g/mol. The van der Waals surface area contributed by atoms with E-state index in [-0.39, 0.29) is 0 Å². The summed E-state index contributed by atoms with van der Waals surface area (Å²) in [6.45, 7) is 8.50. The SMILES string of the molecule is C=C(CC)c1ccc(I)cc1CCC. The fraction of sp³-hybridized carbons (Fsp3) is 0.385. The average Bonchev–Trinajstić information content (AvgIpc) is 2.17. The molecule has 0 amide bonds. The Bertz CT molecular complexity index is 326. The summed E-state index contributed by atoms with van der Waals surface area (Å²) in [5.74, 6) is 0. The molecule has 0 saturated carbocycles. The van der Waals surface area contributed by atoms with E-state index < -0.39 is 0 Å². The first-order valence-electron chi connectivity index (χ1n) is 5.15. The minimum Gasteiger partial charge on any atom is -0.0952 e. The Labute approximate surface area is 101 Å². The van der Waals surface area contributed by atoms with E-state index >= 15 is 0 Å². The molecule has 0 aromatic heterocycles. The van der Waals surface area contributed by atoms with Crippen LogP contribution in [0.15, 0.2) is 24.8 Å². The number of allylic oxidation sites excluding steroid dienone is 1. The van der Waals surface area contributed by atoms with Gasteiger partial charge in [-0.15, -0.1) is 0 Å². The summed E-state index contributed by atoms with van der Waals surface area (Å²) >= 11 is 2.37. The fourth-order valence-electron chi connectivity index (χ4n) is 1.57. The van der Waals surface area contributed by atoms with Gasteiger partial charge in [0.25, 0.3) is 0 Å². The first kappa shape index (κ1) is 11.8. The number of benzene rings is 1. The summed E-state index contributed by atoms with van der Waals surface area (Å²) in [7, 11) is 0. The first-order valence-corrected chi connectivity index (χ1v) is 6.23. The van der Waals surface area contributed by atoms with Crippen LogP contribution >= 0.6 is 22.6 Å². The van der Waals surface area contributed by atoms with Gasteiger partial charge in [-0.05, 0) is 64.3 Å². The number of rotatable bonds is 4. The second kappa shape index (κ2) is 5.54. The maximum absolute atomic E-state index is 4.11. The van der Waals surface area contributed by atoms with E-state index in [0.717, 1.165) is 12.8 Å². The third-order valence-electron chi connectivity index (χ3n) is 2.39. The molecular formula is C13H17I. The van der Waals surface area contributed by atoms with Gasteiger partial charge in [-0.1, -0.05) is 32.9 Å². The van der Waals surface area contributed by atoms with E-state index in [1.165, 1.54) is 26.7 Å². The molecule has 1 heteroatoms. The van der Waals surface area contributed by atoms with E-state index in [9.17, 15) is 0 Å². The molecule has 0 aliphatic heterocycles. The van der Waals surface area contributed by atoms with Crippen molar-refractivity contribution >= 4 is 28.2 Å². The van der Waals surface area contributed by atoms with Crippen molar-refractivity contribution in [3.8, 4) is 0 Å². The minimum atomic E-state index is 1.04. The quantitative estimate of drug-likeness (QED) is 0.709. The normalized spacial score (nSPS) is 10.2. The summed E-state index contributed by atoms with van der Waals surface area (Å²) in [5, 5.41) is 0. The van der Waals surface area contributed by atoms with Gasteiger partial charge in [0, 0.05) is 3.57 Å². The maximum atomic E-state index is 4.11. The van der Waals surface area contributed by atoms with Gasteiger partial charge in [0.05, 0.1) is 0 Å².